The van der Waals surface area contributed by atoms with Crippen molar-refractivity contribution in [2.24, 2.45) is 0 Å². The molecule has 0 aromatic heterocycles. The summed E-state index contributed by atoms with van der Waals surface area (Å²) in [5, 5.41) is 21.8. The summed E-state index contributed by atoms with van der Waals surface area (Å²) in [6.07, 6.45) is 46.0. The SMILES string of the molecule is CCCCCCCCCCCCCCCCCCCCCCCCCC/C=C\CCCCCCCC(=O)C(O)(CC(=O)[O-])C[N+](C)(C)C. The maximum Gasteiger partial charge on any atom is 0.177 e. The molecule has 48 heavy (non-hydrogen) atoms. The number of carbonyl (C=O) groups is 2. The van der Waals surface area contributed by atoms with Crippen molar-refractivity contribution >= 4 is 11.8 Å². The third kappa shape index (κ3) is 33.3. The number of hydrogen-bond donors (Lipinski definition) is 1. The molecule has 0 rings (SSSR count). The number of unbranched alkanes of at least 4 members (excludes halogenated alkanes) is 29. The monoisotopic (exact) mass is 678 g/mol. The average Bonchev–Trinajstić information content (AvgIpc) is 3.01. The van der Waals surface area contributed by atoms with Crippen molar-refractivity contribution in [1.82, 2.24) is 0 Å². The summed E-state index contributed by atoms with van der Waals surface area (Å²) in [6, 6.07) is 0. The van der Waals surface area contributed by atoms with Gasteiger partial charge in [0.05, 0.1) is 21.1 Å². The molecule has 0 heterocycles. The minimum Gasteiger partial charge on any atom is -0.550 e. The molecule has 0 aromatic carbocycles. The Morgan fingerprint density at radius 3 is 1.10 bits per heavy atom. The minimum atomic E-state index is -1.84. The Hall–Kier alpha value is -1.20. The molecule has 1 N–H and O–H groups in total. The van der Waals surface area contributed by atoms with Crippen molar-refractivity contribution in [2.75, 3.05) is 27.7 Å². The fraction of sp³-hybridized carbons (Fsp3) is 0.907. The number of Topliss-reactive ketones (excluding diaryl/α,β-unsaturated/α-hetero) is 1. The van der Waals surface area contributed by atoms with Gasteiger partial charge in [0.25, 0.3) is 0 Å². The van der Waals surface area contributed by atoms with E-state index in [2.05, 4.69) is 19.1 Å². The lowest BCUT2D eigenvalue weighted by atomic mass is 9.89. The van der Waals surface area contributed by atoms with Gasteiger partial charge in [-0.2, -0.15) is 0 Å². The van der Waals surface area contributed by atoms with E-state index in [1.54, 1.807) is 0 Å². The quantitative estimate of drug-likeness (QED) is 0.0401. The molecule has 284 valence electrons. The van der Waals surface area contributed by atoms with Gasteiger partial charge in [-0.25, -0.2) is 0 Å². The molecule has 0 amide bonds. The van der Waals surface area contributed by atoms with Gasteiger partial charge < -0.3 is 19.5 Å². The first-order chi connectivity index (χ1) is 23.1. The molecule has 0 fully saturated rings. The second kappa shape index (κ2) is 33.0. The zero-order valence-electron chi connectivity index (χ0n) is 32.8. The van der Waals surface area contributed by atoms with E-state index in [1.165, 1.54) is 167 Å². The lowest BCUT2D eigenvalue weighted by molar-refractivity contribution is -0.875. The first-order valence-electron chi connectivity index (χ1n) is 21.0. The normalized spacial score (nSPS) is 13.4. The van der Waals surface area contributed by atoms with Gasteiger partial charge in [-0.3, -0.25) is 4.79 Å². The smallest absolute Gasteiger partial charge is 0.177 e. The second-order valence-corrected chi connectivity index (χ2v) is 16.2. The van der Waals surface area contributed by atoms with E-state index >= 15 is 0 Å². The van der Waals surface area contributed by atoms with E-state index in [-0.39, 0.29) is 18.7 Å². The van der Waals surface area contributed by atoms with E-state index in [9.17, 15) is 19.8 Å². The molecule has 0 spiro atoms. The van der Waals surface area contributed by atoms with Gasteiger partial charge >= 0.3 is 0 Å². The van der Waals surface area contributed by atoms with Crippen LogP contribution in [0.25, 0.3) is 0 Å². The van der Waals surface area contributed by atoms with Crippen molar-refractivity contribution in [1.29, 1.82) is 0 Å². The molecule has 5 heteroatoms. The van der Waals surface area contributed by atoms with Crippen molar-refractivity contribution in [2.45, 2.75) is 224 Å². The van der Waals surface area contributed by atoms with E-state index < -0.39 is 18.0 Å². The Kier molecular flexibility index (Phi) is 32.1. The third-order valence-electron chi connectivity index (χ3n) is 9.86. The minimum absolute atomic E-state index is 0.0752. The van der Waals surface area contributed by atoms with Crippen molar-refractivity contribution in [3.63, 3.8) is 0 Å². The summed E-state index contributed by atoms with van der Waals surface area (Å²) in [5.41, 5.74) is -1.84. The number of aliphatic carboxylic acids is 1. The number of carbonyl (C=O) groups excluding carboxylic acids is 2. The van der Waals surface area contributed by atoms with Gasteiger partial charge in [0.15, 0.2) is 11.4 Å². The van der Waals surface area contributed by atoms with Crippen LogP contribution in [0, 0.1) is 0 Å². The highest BCUT2D eigenvalue weighted by molar-refractivity contribution is 5.90. The summed E-state index contributed by atoms with van der Waals surface area (Å²) < 4.78 is 0.322. The molecule has 1 atom stereocenters. The molecule has 5 nitrogen and oxygen atoms in total. The first-order valence-corrected chi connectivity index (χ1v) is 21.0. The molecule has 0 bridgehead atoms. The van der Waals surface area contributed by atoms with Crippen LogP contribution in [0.1, 0.15) is 219 Å². The Morgan fingerprint density at radius 1 is 0.521 bits per heavy atom. The van der Waals surface area contributed by atoms with E-state index in [1.807, 2.05) is 21.1 Å². The standard InChI is InChI=1S/C43H83NO4/c1-5-6-7-8-9-10-11-12-13-14-15-16-17-18-19-20-21-22-23-24-25-26-27-28-29-30-31-32-33-34-35-36-37-38-41(45)43(48,39-42(46)47)40-44(2,3)4/h30-31,48H,5-29,32-40H2,1-4H3/b31-30-. The van der Waals surface area contributed by atoms with E-state index in [4.69, 9.17) is 0 Å². The van der Waals surface area contributed by atoms with Crippen LogP contribution in [-0.4, -0.2) is 54.6 Å². The molecule has 0 aliphatic heterocycles. The summed E-state index contributed by atoms with van der Waals surface area (Å²) >= 11 is 0. The van der Waals surface area contributed by atoms with Crippen LogP contribution in [0.15, 0.2) is 12.2 Å². The Morgan fingerprint density at radius 2 is 0.812 bits per heavy atom. The number of rotatable bonds is 38. The average molecular weight is 678 g/mol. The Labute approximate surface area is 299 Å². The van der Waals surface area contributed by atoms with Crippen molar-refractivity contribution in [3.8, 4) is 0 Å². The summed E-state index contributed by atoms with van der Waals surface area (Å²) in [7, 11) is 5.52. The maximum absolute atomic E-state index is 12.6. The maximum atomic E-state index is 12.6. The fourth-order valence-electron chi connectivity index (χ4n) is 7.04. The number of hydrogen-bond acceptors (Lipinski definition) is 4. The number of carboxylic acid groups (broad SMARTS) is 1. The third-order valence-corrected chi connectivity index (χ3v) is 9.86. The number of ketones is 1. The summed E-state index contributed by atoms with van der Waals surface area (Å²) in [6.45, 7) is 2.37. The zero-order valence-corrected chi connectivity index (χ0v) is 32.8. The van der Waals surface area contributed by atoms with Crippen LogP contribution >= 0.6 is 0 Å². The van der Waals surface area contributed by atoms with Gasteiger partial charge in [-0.15, -0.1) is 0 Å². The molecule has 0 saturated carbocycles. The highest BCUT2D eigenvalue weighted by Gasteiger charge is 2.40. The lowest BCUT2D eigenvalue weighted by Crippen LogP contribution is -2.56. The fourth-order valence-corrected chi connectivity index (χ4v) is 7.04. The number of likely N-dealkylation sites (N-methyl/N-ethyl adjacent to an activating group) is 1. The molecular weight excluding hydrogens is 594 g/mol. The van der Waals surface area contributed by atoms with Crippen LogP contribution in [0.2, 0.25) is 0 Å². The predicted octanol–water partition coefficient (Wildman–Crippen LogP) is 11.2. The van der Waals surface area contributed by atoms with Crippen LogP contribution in [0.3, 0.4) is 0 Å². The van der Waals surface area contributed by atoms with Gasteiger partial charge in [-0.05, 0) is 32.1 Å². The van der Waals surface area contributed by atoms with Gasteiger partial charge in [-0.1, -0.05) is 186 Å². The van der Waals surface area contributed by atoms with Gasteiger partial charge in [0, 0.05) is 18.8 Å². The van der Waals surface area contributed by atoms with Gasteiger partial charge in [0.2, 0.25) is 0 Å². The molecule has 0 aliphatic carbocycles. The molecular formula is C43H83NO4. The summed E-state index contributed by atoms with van der Waals surface area (Å²) in [4.78, 5) is 23.7. The van der Waals surface area contributed by atoms with Crippen LogP contribution in [-0.2, 0) is 9.59 Å². The Balaban J connectivity index is 3.39. The number of aliphatic hydroxyl groups is 1. The van der Waals surface area contributed by atoms with Crippen molar-refractivity contribution in [3.05, 3.63) is 12.2 Å². The molecule has 0 saturated heterocycles. The van der Waals surface area contributed by atoms with Gasteiger partial charge in [0.1, 0.15) is 6.54 Å². The number of nitrogens with zero attached hydrogens (tertiary/aromatic N) is 1. The topological polar surface area (TPSA) is 77.4 Å². The second-order valence-electron chi connectivity index (χ2n) is 16.2. The molecule has 0 aliphatic rings. The summed E-state index contributed by atoms with van der Waals surface area (Å²) in [5.74, 6) is -1.75. The lowest BCUT2D eigenvalue weighted by Gasteiger charge is -2.34. The van der Waals surface area contributed by atoms with Crippen LogP contribution in [0.4, 0.5) is 0 Å². The molecule has 0 aromatic rings. The van der Waals surface area contributed by atoms with Crippen LogP contribution in [0.5, 0.6) is 0 Å². The highest BCUT2D eigenvalue weighted by Crippen LogP contribution is 2.20. The highest BCUT2D eigenvalue weighted by atomic mass is 16.4. The zero-order chi connectivity index (χ0) is 35.6. The largest absolute Gasteiger partial charge is 0.550 e. The van der Waals surface area contributed by atoms with E-state index in [0.29, 0.717) is 10.9 Å². The number of carboxylic acids is 1. The van der Waals surface area contributed by atoms with Crippen LogP contribution < -0.4 is 5.11 Å². The number of quaternary nitrogens is 1. The Bertz CT molecular complexity index is 758. The van der Waals surface area contributed by atoms with E-state index in [0.717, 1.165) is 25.7 Å². The molecule has 1 unspecified atom stereocenters. The number of allylic oxidation sites excluding steroid dienone is 2. The molecule has 0 radical (unpaired) electrons. The van der Waals surface area contributed by atoms with Crippen molar-refractivity contribution < 1.29 is 24.3 Å². The predicted molar refractivity (Wildman–Crippen MR) is 205 cm³/mol. The first kappa shape index (κ1) is 46.8.